The van der Waals surface area contributed by atoms with Crippen LogP contribution in [0.4, 0.5) is 0 Å². The number of hydrogen-bond acceptors (Lipinski definition) is 5. The van der Waals surface area contributed by atoms with Crippen molar-refractivity contribution in [2.24, 2.45) is 11.3 Å². The van der Waals surface area contributed by atoms with Crippen molar-refractivity contribution in [2.75, 3.05) is 0 Å². The minimum absolute atomic E-state index is 0.00869. The number of aliphatic hydroxyl groups excluding tert-OH is 1. The van der Waals surface area contributed by atoms with E-state index in [0.29, 0.717) is 18.4 Å². The van der Waals surface area contributed by atoms with Crippen molar-refractivity contribution in [1.29, 1.82) is 0 Å². The van der Waals surface area contributed by atoms with Gasteiger partial charge in [0.05, 0.1) is 18.5 Å². The number of hydrogen-bond donors (Lipinski definition) is 1. The average molecular weight is 346 g/mol. The van der Waals surface area contributed by atoms with Crippen molar-refractivity contribution in [3.05, 3.63) is 34.8 Å². The highest BCUT2D eigenvalue weighted by Gasteiger charge is 2.77. The number of fused-ring (bicyclic) bond motifs is 1. The lowest BCUT2D eigenvalue weighted by molar-refractivity contribution is -0.163. The van der Waals surface area contributed by atoms with Crippen LogP contribution >= 0.6 is 0 Å². The van der Waals surface area contributed by atoms with E-state index in [-0.39, 0.29) is 24.1 Å². The van der Waals surface area contributed by atoms with Crippen molar-refractivity contribution in [1.82, 2.24) is 0 Å². The van der Waals surface area contributed by atoms with Crippen molar-refractivity contribution in [3.8, 4) is 0 Å². The van der Waals surface area contributed by atoms with E-state index >= 15 is 0 Å². The monoisotopic (exact) mass is 346 g/mol. The summed E-state index contributed by atoms with van der Waals surface area (Å²) < 4.78 is 17.6. The second kappa shape index (κ2) is 5.21. The molecule has 1 saturated heterocycles. The Hall–Kier alpha value is -1.59. The SMILES string of the molecule is CC=C(C)C(=O)OC1CC2OC23Cc2occ(C)c2C(O)C3(C)C1C. The first-order valence-corrected chi connectivity index (χ1v) is 9.03. The summed E-state index contributed by atoms with van der Waals surface area (Å²) >= 11 is 0. The molecule has 25 heavy (non-hydrogen) atoms. The lowest BCUT2D eigenvalue weighted by atomic mass is 9.53. The molecule has 1 spiro atoms. The Labute approximate surface area is 148 Å². The first-order chi connectivity index (χ1) is 11.8. The number of allylic oxidation sites excluding steroid dienone is 1. The molecular weight excluding hydrogens is 320 g/mol. The van der Waals surface area contributed by atoms with Crippen molar-refractivity contribution < 1.29 is 23.8 Å². The predicted molar refractivity (Wildman–Crippen MR) is 90.9 cm³/mol. The first kappa shape index (κ1) is 16.9. The fourth-order valence-corrected chi connectivity index (χ4v) is 4.99. The fourth-order valence-electron chi connectivity index (χ4n) is 4.99. The number of rotatable bonds is 2. The highest BCUT2D eigenvalue weighted by molar-refractivity contribution is 5.87. The van der Waals surface area contributed by atoms with Gasteiger partial charge < -0.3 is 19.0 Å². The summed E-state index contributed by atoms with van der Waals surface area (Å²) in [5.74, 6) is 0.510. The van der Waals surface area contributed by atoms with Crippen LogP contribution in [0.5, 0.6) is 0 Å². The number of carbonyl (C=O) groups is 1. The third kappa shape index (κ3) is 1.99. The molecule has 4 rings (SSSR count). The molecule has 6 atom stereocenters. The van der Waals surface area contributed by atoms with E-state index in [1.54, 1.807) is 19.3 Å². The summed E-state index contributed by atoms with van der Waals surface area (Å²) in [5, 5.41) is 11.3. The van der Waals surface area contributed by atoms with Crippen LogP contribution in [-0.2, 0) is 20.7 Å². The number of ether oxygens (including phenoxy) is 2. The number of aliphatic hydroxyl groups is 1. The van der Waals surface area contributed by atoms with Gasteiger partial charge in [-0.05, 0) is 26.3 Å². The van der Waals surface area contributed by atoms with Gasteiger partial charge in [-0.3, -0.25) is 0 Å². The standard InChI is InChI=1S/C20H26O5/c1-6-10(2)18(22)24-13-7-15-20(25-15)8-14-16(11(3)9-23-14)17(21)19(20,5)12(13)4/h6,9,12-13,15,17,21H,7-8H2,1-5H3. The number of carbonyl (C=O) groups excluding carboxylic acids is 1. The van der Waals surface area contributed by atoms with E-state index in [2.05, 4.69) is 13.8 Å². The zero-order chi connectivity index (χ0) is 18.1. The molecule has 1 aromatic rings. The lowest BCUT2D eigenvalue weighted by Crippen LogP contribution is -2.58. The largest absolute Gasteiger partial charge is 0.469 e. The molecule has 5 heteroatoms. The molecule has 0 bridgehead atoms. The van der Waals surface area contributed by atoms with Crippen molar-refractivity contribution >= 4 is 5.97 Å². The summed E-state index contributed by atoms with van der Waals surface area (Å²) in [6, 6.07) is 0. The Morgan fingerprint density at radius 3 is 2.88 bits per heavy atom. The maximum absolute atomic E-state index is 12.3. The van der Waals surface area contributed by atoms with E-state index in [4.69, 9.17) is 13.9 Å². The van der Waals surface area contributed by atoms with Gasteiger partial charge in [-0.1, -0.05) is 19.9 Å². The zero-order valence-electron chi connectivity index (χ0n) is 15.5. The molecule has 1 aliphatic heterocycles. The molecule has 2 heterocycles. The van der Waals surface area contributed by atoms with E-state index < -0.39 is 17.1 Å². The molecule has 3 aliphatic rings. The van der Waals surface area contributed by atoms with E-state index in [1.807, 2.05) is 13.8 Å². The first-order valence-electron chi connectivity index (χ1n) is 9.03. The molecule has 0 aromatic carbocycles. The van der Waals surface area contributed by atoms with Crippen LogP contribution in [0.2, 0.25) is 0 Å². The number of aryl methyl sites for hydroxylation is 1. The van der Waals surface area contributed by atoms with E-state index in [1.165, 1.54) is 0 Å². The van der Waals surface area contributed by atoms with E-state index in [9.17, 15) is 9.90 Å². The summed E-state index contributed by atoms with van der Waals surface area (Å²) in [4.78, 5) is 12.3. The number of furan rings is 1. The van der Waals surface area contributed by atoms with Gasteiger partial charge >= 0.3 is 5.97 Å². The van der Waals surface area contributed by atoms with Gasteiger partial charge in [-0.25, -0.2) is 4.79 Å². The Bertz CT molecular complexity index is 762. The summed E-state index contributed by atoms with van der Waals surface area (Å²) in [6.07, 6.45) is 3.84. The molecule has 1 aromatic heterocycles. The Morgan fingerprint density at radius 2 is 2.20 bits per heavy atom. The van der Waals surface area contributed by atoms with Crippen LogP contribution in [0.15, 0.2) is 22.3 Å². The predicted octanol–water partition coefficient (Wildman–Crippen LogP) is 3.24. The van der Waals surface area contributed by atoms with Crippen molar-refractivity contribution in [3.63, 3.8) is 0 Å². The number of epoxide rings is 1. The van der Waals surface area contributed by atoms with E-state index in [0.717, 1.165) is 16.9 Å². The maximum Gasteiger partial charge on any atom is 0.333 e. The van der Waals surface area contributed by atoms with Gasteiger partial charge in [0.2, 0.25) is 0 Å². The highest BCUT2D eigenvalue weighted by atomic mass is 16.6. The quantitative estimate of drug-likeness (QED) is 0.506. The Morgan fingerprint density at radius 1 is 1.48 bits per heavy atom. The third-order valence-electron chi connectivity index (χ3n) is 7.06. The summed E-state index contributed by atoms with van der Waals surface area (Å²) in [6.45, 7) is 9.67. The molecule has 0 radical (unpaired) electrons. The molecular formula is C20H26O5. The zero-order valence-corrected chi connectivity index (χ0v) is 15.5. The van der Waals surface area contributed by atoms with Gasteiger partial charge in [-0.15, -0.1) is 0 Å². The highest BCUT2D eigenvalue weighted by Crippen LogP contribution is 2.69. The van der Waals surface area contributed by atoms with Crippen LogP contribution in [0.25, 0.3) is 0 Å². The smallest absolute Gasteiger partial charge is 0.333 e. The summed E-state index contributed by atoms with van der Waals surface area (Å²) in [7, 11) is 0. The van der Waals surface area contributed by atoms with Crippen LogP contribution in [0.1, 0.15) is 57.1 Å². The molecule has 6 unspecified atom stereocenters. The van der Waals surface area contributed by atoms with Gasteiger partial charge in [0.25, 0.3) is 0 Å². The van der Waals surface area contributed by atoms with Gasteiger partial charge in [-0.2, -0.15) is 0 Å². The molecule has 1 saturated carbocycles. The topological polar surface area (TPSA) is 72.2 Å². The second-order valence-electron chi connectivity index (χ2n) is 8.05. The third-order valence-corrected chi connectivity index (χ3v) is 7.06. The molecule has 5 nitrogen and oxygen atoms in total. The fraction of sp³-hybridized carbons (Fsp3) is 0.650. The van der Waals surface area contributed by atoms with Crippen LogP contribution < -0.4 is 0 Å². The van der Waals surface area contributed by atoms with Crippen LogP contribution in [-0.4, -0.2) is 28.9 Å². The normalized spacial score (nSPS) is 42.2. The molecule has 2 aliphatic carbocycles. The van der Waals surface area contributed by atoms with Crippen molar-refractivity contribution in [2.45, 2.75) is 71.4 Å². The van der Waals surface area contributed by atoms with Crippen LogP contribution in [0, 0.1) is 18.3 Å². The molecule has 0 amide bonds. The molecule has 136 valence electrons. The van der Waals surface area contributed by atoms with Crippen LogP contribution in [0.3, 0.4) is 0 Å². The minimum atomic E-state index is -0.695. The van der Waals surface area contributed by atoms with Gasteiger partial charge in [0.1, 0.15) is 17.5 Å². The summed E-state index contributed by atoms with van der Waals surface area (Å²) in [5.41, 5.74) is 1.51. The second-order valence-corrected chi connectivity index (χ2v) is 8.05. The van der Waals surface area contributed by atoms with Gasteiger partial charge in [0.15, 0.2) is 0 Å². The Balaban J connectivity index is 1.70. The average Bonchev–Trinajstić information content (AvgIpc) is 3.16. The minimum Gasteiger partial charge on any atom is -0.469 e. The maximum atomic E-state index is 12.3. The van der Waals surface area contributed by atoms with Gasteiger partial charge in [0, 0.05) is 35.3 Å². The lowest BCUT2D eigenvalue weighted by Gasteiger charge is -2.51. The Kier molecular flexibility index (Phi) is 3.51. The molecule has 2 fully saturated rings. The number of esters is 1. The molecule has 1 N–H and O–H groups in total.